The number of fused-ring (bicyclic) bond motifs is 1. The number of amides is 1. The van der Waals surface area contributed by atoms with E-state index in [1.165, 1.54) is 16.9 Å². The average Bonchev–Trinajstić information content (AvgIpc) is 2.89. The number of ether oxygens (including phenoxy) is 1. The van der Waals surface area contributed by atoms with Gasteiger partial charge in [-0.25, -0.2) is 4.98 Å². The van der Waals surface area contributed by atoms with Crippen LogP contribution in [0.1, 0.15) is 16.7 Å². The van der Waals surface area contributed by atoms with Crippen LogP contribution < -0.4 is 10.1 Å². The number of halogens is 1. The van der Waals surface area contributed by atoms with Gasteiger partial charge in [0.1, 0.15) is 5.75 Å². The first kappa shape index (κ1) is 16.7. The van der Waals surface area contributed by atoms with Gasteiger partial charge in [0, 0.05) is 5.02 Å². The number of aryl methyl sites for hydroxylation is 3. The van der Waals surface area contributed by atoms with E-state index in [0.717, 1.165) is 21.3 Å². The Morgan fingerprint density at radius 2 is 2.00 bits per heavy atom. The Kier molecular flexibility index (Phi) is 4.73. The first-order valence-electron chi connectivity index (χ1n) is 7.49. The van der Waals surface area contributed by atoms with E-state index in [1.54, 1.807) is 18.2 Å². The number of nitrogens with zero attached hydrogens (tertiary/aromatic N) is 1. The number of carbonyl (C=O) groups excluding carboxylic acids is 1. The maximum absolute atomic E-state index is 12.1. The van der Waals surface area contributed by atoms with Crippen molar-refractivity contribution in [2.75, 3.05) is 11.9 Å². The number of anilines is 1. The molecule has 0 saturated heterocycles. The highest BCUT2D eigenvalue weighted by molar-refractivity contribution is 7.22. The number of rotatable bonds is 4. The quantitative estimate of drug-likeness (QED) is 0.720. The van der Waals surface area contributed by atoms with Gasteiger partial charge in [0.15, 0.2) is 11.7 Å². The van der Waals surface area contributed by atoms with Crippen molar-refractivity contribution in [1.29, 1.82) is 0 Å². The van der Waals surface area contributed by atoms with Crippen LogP contribution in [-0.4, -0.2) is 17.5 Å². The fourth-order valence-corrected chi connectivity index (χ4v) is 3.78. The SMILES string of the molecule is Cc1cc(C)c2nc(NC(=O)COc3ccc(Cl)cc3C)sc2c1. The molecule has 0 bridgehead atoms. The van der Waals surface area contributed by atoms with E-state index in [4.69, 9.17) is 16.3 Å². The Balaban J connectivity index is 1.67. The van der Waals surface area contributed by atoms with Crippen molar-refractivity contribution in [3.05, 3.63) is 52.0 Å². The molecule has 124 valence electrons. The van der Waals surface area contributed by atoms with Gasteiger partial charge in [0.25, 0.3) is 5.91 Å². The Hall–Kier alpha value is -2.11. The fourth-order valence-electron chi connectivity index (χ4n) is 2.50. The van der Waals surface area contributed by atoms with Crippen molar-refractivity contribution in [3.63, 3.8) is 0 Å². The molecule has 24 heavy (non-hydrogen) atoms. The first-order valence-corrected chi connectivity index (χ1v) is 8.68. The van der Waals surface area contributed by atoms with Crippen molar-refractivity contribution >= 4 is 44.2 Å². The lowest BCUT2D eigenvalue weighted by molar-refractivity contribution is -0.118. The van der Waals surface area contributed by atoms with Crippen molar-refractivity contribution in [2.24, 2.45) is 0 Å². The minimum atomic E-state index is -0.238. The number of aromatic nitrogens is 1. The molecule has 2 aromatic carbocycles. The Bertz CT molecular complexity index is 921. The van der Waals surface area contributed by atoms with Gasteiger partial charge < -0.3 is 4.74 Å². The van der Waals surface area contributed by atoms with E-state index >= 15 is 0 Å². The van der Waals surface area contributed by atoms with Gasteiger partial charge in [0.05, 0.1) is 10.2 Å². The summed E-state index contributed by atoms with van der Waals surface area (Å²) in [5.41, 5.74) is 4.11. The lowest BCUT2D eigenvalue weighted by atomic mass is 10.1. The van der Waals surface area contributed by atoms with Crippen molar-refractivity contribution in [1.82, 2.24) is 4.98 Å². The van der Waals surface area contributed by atoms with E-state index in [0.29, 0.717) is 15.9 Å². The zero-order chi connectivity index (χ0) is 17.3. The number of hydrogen-bond donors (Lipinski definition) is 1. The lowest BCUT2D eigenvalue weighted by Gasteiger charge is -2.08. The van der Waals surface area contributed by atoms with Crippen LogP contribution in [0.4, 0.5) is 5.13 Å². The molecular formula is C18H17ClN2O2S. The number of carbonyl (C=O) groups is 1. The fraction of sp³-hybridized carbons (Fsp3) is 0.222. The second kappa shape index (κ2) is 6.79. The molecule has 0 aliphatic heterocycles. The van der Waals surface area contributed by atoms with Crippen LogP contribution >= 0.6 is 22.9 Å². The van der Waals surface area contributed by atoms with Crippen molar-refractivity contribution in [3.8, 4) is 5.75 Å². The molecule has 1 N–H and O–H groups in total. The summed E-state index contributed by atoms with van der Waals surface area (Å²) in [6, 6.07) is 9.45. The molecule has 1 amide bonds. The van der Waals surface area contributed by atoms with Crippen LogP contribution in [0.25, 0.3) is 10.2 Å². The predicted molar refractivity (Wildman–Crippen MR) is 99.4 cm³/mol. The first-order chi connectivity index (χ1) is 11.4. The van der Waals surface area contributed by atoms with Gasteiger partial charge in [-0.2, -0.15) is 0 Å². The molecule has 0 fully saturated rings. The molecule has 0 aliphatic carbocycles. The summed E-state index contributed by atoms with van der Waals surface area (Å²) in [4.78, 5) is 16.6. The van der Waals surface area contributed by atoms with Gasteiger partial charge >= 0.3 is 0 Å². The summed E-state index contributed by atoms with van der Waals surface area (Å²) < 4.78 is 6.62. The summed E-state index contributed by atoms with van der Waals surface area (Å²) >= 11 is 7.37. The monoisotopic (exact) mass is 360 g/mol. The molecule has 3 rings (SSSR count). The third kappa shape index (κ3) is 3.68. The second-order valence-corrected chi connectivity index (χ2v) is 7.16. The van der Waals surface area contributed by atoms with Crippen molar-refractivity contribution < 1.29 is 9.53 Å². The number of hydrogen-bond acceptors (Lipinski definition) is 4. The highest BCUT2D eigenvalue weighted by atomic mass is 35.5. The number of nitrogens with one attached hydrogen (secondary N) is 1. The molecule has 6 heteroatoms. The van der Waals surface area contributed by atoms with Crippen LogP contribution in [-0.2, 0) is 4.79 Å². The predicted octanol–water partition coefficient (Wildman–Crippen LogP) is 4.89. The number of thiazole rings is 1. The van der Waals surface area contributed by atoms with Gasteiger partial charge in [-0.05, 0) is 61.7 Å². The standard InChI is InChI=1S/C18H17ClN2O2S/c1-10-6-12(3)17-15(7-10)24-18(21-17)20-16(22)9-23-14-5-4-13(19)8-11(14)2/h4-8H,9H2,1-3H3,(H,20,21,22). The van der Waals surface area contributed by atoms with E-state index in [-0.39, 0.29) is 12.5 Å². The second-order valence-electron chi connectivity index (χ2n) is 5.69. The largest absolute Gasteiger partial charge is 0.483 e. The van der Waals surface area contributed by atoms with Crippen LogP contribution in [0.2, 0.25) is 5.02 Å². The lowest BCUT2D eigenvalue weighted by Crippen LogP contribution is -2.20. The maximum atomic E-state index is 12.1. The Morgan fingerprint density at radius 1 is 1.21 bits per heavy atom. The van der Waals surface area contributed by atoms with Crippen LogP contribution in [0.15, 0.2) is 30.3 Å². The normalized spacial score (nSPS) is 10.8. The summed E-state index contributed by atoms with van der Waals surface area (Å²) in [6.07, 6.45) is 0. The van der Waals surface area contributed by atoms with E-state index in [2.05, 4.69) is 22.4 Å². The molecule has 1 heterocycles. The summed E-state index contributed by atoms with van der Waals surface area (Å²) in [6.45, 7) is 5.88. The molecule has 0 spiro atoms. The molecule has 0 aliphatic rings. The topological polar surface area (TPSA) is 51.2 Å². The maximum Gasteiger partial charge on any atom is 0.264 e. The van der Waals surface area contributed by atoms with E-state index in [9.17, 15) is 4.79 Å². The van der Waals surface area contributed by atoms with Crippen LogP contribution in [0, 0.1) is 20.8 Å². The Morgan fingerprint density at radius 3 is 2.75 bits per heavy atom. The van der Waals surface area contributed by atoms with Crippen LogP contribution in [0.5, 0.6) is 5.75 Å². The number of benzene rings is 2. The average molecular weight is 361 g/mol. The van der Waals surface area contributed by atoms with Crippen LogP contribution in [0.3, 0.4) is 0 Å². The summed E-state index contributed by atoms with van der Waals surface area (Å²) in [5.74, 6) is 0.406. The molecule has 3 aromatic rings. The van der Waals surface area contributed by atoms with Crippen molar-refractivity contribution in [2.45, 2.75) is 20.8 Å². The Labute approximate surface area is 149 Å². The summed E-state index contributed by atoms with van der Waals surface area (Å²) in [5, 5.41) is 4.02. The molecule has 0 saturated carbocycles. The van der Waals surface area contributed by atoms with E-state index < -0.39 is 0 Å². The minimum Gasteiger partial charge on any atom is -0.483 e. The smallest absolute Gasteiger partial charge is 0.264 e. The molecule has 0 atom stereocenters. The van der Waals surface area contributed by atoms with Gasteiger partial charge in [-0.15, -0.1) is 0 Å². The molecule has 0 radical (unpaired) electrons. The van der Waals surface area contributed by atoms with Gasteiger partial charge in [-0.3, -0.25) is 10.1 Å². The highest BCUT2D eigenvalue weighted by Crippen LogP contribution is 2.29. The molecular weight excluding hydrogens is 344 g/mol. The third-order valence-electron chi connectivity index (χ3n) is 3.57. The zero-order valence-corrected chi connectivity index (χ0v) is 15.2. The van der Waals surface area contributed by atoms with E-state index in [1.807, 2.05) is 20.8 Å². The zero-order valence-electron chi connectivity index (χ0n) is 13.6. The highest BCUT2D eigenvalue weighted by Gasteiger charge is 2.11. The van der Waals surface area contributed by atoms with Gasteiger partial charge in [-0.1, -0.05) is 29.0 Å². The summed E-state index contributed by atoms with van der Waals surface area (Å²) in [7, 11) is 0. The molecule has 0 unspecified atom stereocenters. The third-order valence-corrected chi connectivity index (χ3v) is 4.72. The molecule has 1 aromatic heterocycles. The van der Waals surface area contributed by atoms with Gasteiger partial charge in [0.2, 0.25) is 0 Å². The minimum absolute atomic E-state index is 0.0730. The molecule has 4 nitrogen and oxygen atoms in total.